The molecule has 4 heterocycles. The maximum Gasteiger partial charge on any atom is 0.295 e. The van der Waals surface area contributed by atoms with Crippen LogP contribution in [0.4, 0.5) is 5.69 Å². The highest BCUT2D eigenvalue weighted by Crippen LogP contribution is 2.41. The Morgan fingerprint density at radius 3 is 2.69 bits per heavy atom. The molecule has 1 fully saturated rings. The molecule has 5 rings (SSSR count). The number of nitriles is 1. The lowest BCUT2D eigenvalue weighted by Crippen LogP contribution is -2.62. The molecule has 2 aliphatic heterocycles. The van der Waals surface area contributed by atoms with Crippen LogP contribution in [0.5, 0.6) is 5.75 Å². The monoisotopic (exact) mass is 511 g/mol. The number of fused-ring (bicyclic) bond motifs is 5. The van der Waals surface area contributed by atoms with E-state index in [4.69, 9.17) is 27.9 Å². The summed E-state index contributed by atoms with van der Waals surface area (Å²) in [6.45, 7) is 6.29. The first-order valence-electron chi connectivity index (χ1n) is 11.9. The van der Waals surface area contributed by atoms with Crippen molar-refractivity contribution in [1.29, 1.82) is 5.26 Å². The molecule has 7 nitrogen and oxygen atoms in total. The summed E-state index contributed by atoms with van der Waals surface area (Å²) in [6.07, 6.45) is 1.87. The Morgan fingerprint density at radius 2 is 2.00 bits per heavy atom. The largest absolute Gasteiger partial charge is 0.484 e. The van der Waals surface area contributed by atoms with Gasteiger partial charge in [-0.15, -0.1) is 0 Å². The van der Waals surface area contributed by atoms with Gasteiger partial charge in [0.1, 0.15) is 29.6 Å². The fourth-order valence-corrected chi connectivity index (χ4v) is 5.83. The number of piperazine rings is 1. The van der Waals surface area contributed by atoms with E-state index in [-0.39, 0.29) is 23.7 Å². The van der Waals surface area contributed by atoms with Gasteiger partial charge in [-0.3, -0.25) is 9.69 Å². The zero-order valence-electron chi connectivity index (χ0n) is 20.0. The van der Waals surface area contributed by atoms with Crippen molar-refractivity contribution in [3.05, 3.63) is 62.0 Å². The SMILES string of the molecule is CCC(c1ccc(Cl)c(Cl)c1)N1C[C@H]2COc3c(c4nc(C#N)ccc4n(C)c3=O)N2C[C@H]1CC. The van der Waals surface area contributed by atoms with Gasteiger partial charge in [-0.25, -0.2) is 4.98 Å². The van der Waals surface area contributed by atoms with Crippen molar-refractivity contribution in [2.45, 2.75) is 44.8 Å². The minimum absolute atomic E-state index is 0.0463. The van der Waals surface area contributed by atoms with Crippen LogP contribution in [0.1, 0.15) is 44.0 Å². The average Bonchev–Trinajstić information content (AvgIpc) is 2.88. The molecule has 2 aliphatic rings. The zero-order chi connectivity index (χ0) is 24.9. The molecule has 0 amide bonds. The van der Waals surface area contributed by atoms with Crippen molar-refractivity contribution < 1.29 is 4.74 Å². The molecule has 0 N–H and O–H groups in total. The molecule has 0 aliphatic carbocycles. The first-order valence-corrected chi connectivity index (χ1v) is 12.7. The minimum Gasteiger partial charge on any atom is -0.484 e. The molecule has 9 heteroatoms. The molecular weight excluding hydrogens is 485 g/mol. The predicted octanol–water partition coefficient (Wildman–Crippen LogP) is 4.92. The summed E-state index contributed by atoms with van der Waals surface area (Å²) in [5.74, 6) is 0.318. The lowest BCUT2D eigenvalue weighted by atomic mass is 9.95. The number of hydrogen-bond acceptors (Lipinski definition) is 6. The summed E-state index contributed by atoms with van der Waals surface area (Å²) in [6, 6.07) is 11.9. The molecule has 3 aromatic rings. The number of nitrogens with zero attached hydrogens (tertiary/aromatic N) is 5. The molecular formula is C26H27Cl2N5O2. The summed E-state index contributed by atoms with van der Waals surface area (Å²) in [7, 11) is 1.71. The number of aromatic nitrogens is 2. The van der Waals surface area contributed by atoms with Crippen LogP contribution in [0.2, 0.25) is 10.0 Å². The van der Waals surface area contributed by atoms with Crippen molar-refractivity contribution in [2.75, 3.05) is 24.6 Å². The lowest BCUT2D eigenvalue weighted by molar-refractivity contribution is 0.0720. The first kappa shape index (κ1) is 23.9. The Kier molecular flexibility index (Phi) is 6.39. The van der Waals surface area contributed by atoms with E-state index < -0.39 is 0 Å². The Balaban J connectivity index is 1.58. The van der Waals surface area contributed by atoms with Gasteiger partial charge < -0.3 is 14.2 Å². The van der Waals surface area contributed by atoms with Gasteiger partial charge in [0.2, 0.25) is 5.75 Å². The second kappa shape index (κ2) is 9.34. The minimum atomic E-state index is -0.185. The van der Waals surface area contributed by atoms with E-state index in [0.717, 1.165) is 31.5 Å². The Labute approximate surface area is 214 Å². The fourth-order valence-electron chi connectivity index (χ4n) is 5.52. The number of anilines is 1. The highest BCUT2D eigenvalue weighted by molar-refractivity contribution is 6.42. The highest BCUT2D eigenvalue weighted by atomic mass is 35.5. The fraction of sp³-hybridized carbons (Fsp3) is 0.423. The molecule has 0 saturated carbocycles. The van der Waals surface area contributed by atoms with Crippen LogP contribution in [0.15, 0.2) is 35.1 Å². The van der Waals surface area contributed by atoms with Gasteiger partial charge in [-0.1, -0.05) is 43.1 Å². The zero-order valence-corrected chi connectivity index (χ0v) is 21.5. The van der Waals surface area contributed by atoms with Gasteiger partial charge in [0, 0.05) is 32.2 Å². The van der Waals surface area contributed by atoms with Crippen LogP contribution in [0, 0.1) is 11.3 Å². The summed E-state index contributed by atoms with van der Waals surface area (Å²) in [4.78, 5) is 22.6. The quantitative estimate of drug-likeness (QED) is 0.494. The number of pyridine rings is 2. The third-order valence-corrected chi connectivity index (χ3v) is 8.06. The average molecular weight is 512 g/mol. The van der Waals surface area contributed by atoms with Crippen molar-refractivity contribution in [1.82, 2.24) is 14.5 Å². The number of aryl methyl sites for hydroxylation is 1. The second-order valence-corrected chi connectivity index (χ2v) is 10.0. The van der Waals surface area contributed by atoms with Crippen LogP contribution in [-0.4, -0.2) is 46.2 Å². The highest BCUT2D eigenvalue weighted by Gasteiger charge is 2.42. The van der Waals surface area contributed by atoms with E-state index in [2.05, 4.69) is 40.8 Å². The van der Waals surface area contributed by atoms with Crippen molar-refractivity contribution >= 4 is 39.9 Å². The normalized spacial score (nSPS) is 20.6. The molecule has 0 spiro atoms. The van der Waals surface area contributed by atoms with E-state index in [1.807, 2.05) is 12.1 Å². The third-order valence-electron chi connectivity index (χ3n) is 7.32. The van der Waals surface area contributed by atoms with E-state index in [1.54, 1.807) is 23.7 Å². The maximum atomic E-state index is 13.2. The molecule has 1 saturated heterocycles. The van der Waals surface area contributed by atoms with Crippen LogP contribution >= 0.6 is 23.2 Å². The topological polar surface area (TPSA) is 74.4 Å². The molecule has 2 aromatic heterocycles. The van der Waals surface area contributed by atoms with E-state index >= 15 is 0 Å². The van der Waals surface area contributed by atoms with Crippen LogP contribution in [0.3, 0.4) is 0 Å². The van der Waals surface area contributed by atoms with Gasteiger partial charge in [0.05, 0.1) is 21.6 Å². The molecule has 35 heavy (non-hydrogen) atoms. The number of halogens is 2. The smallest absolute Gasteiger partial charge is 0.295 e. The summed E-state index contributed by atoms with van der Waals surface area (Å²) in [5, 5.41) is 10.6. The number of hydrogen-bond donors (Lipinski definition) is 0. The van der Waals surface area contributed by atoms with Crippen LogP contribution in [0.25, 0.3) is 11.0 Å². The molecule has 1 unspecified atom stereocenters. The molecule has 182 valence electrons. The molecule has 0 radical (unpaired) electrons. The summed E-state index contributed by atoms with van der Waals surface area (Å²) < 4.78 is 7.64. The van der Waals surface area contributed by atoms with Crippen molar-refractivity contribution in [3.63, 3.8) is 0 Å². The standard InChI is InChI=1S/C26H27Cl2N5O2/c1-4-17-12-33-18(13-32(17)21(5-2)15-6-8-19(27)20(28)10-15)14-35-25-24(33)23-22(31(3)26(25)34)9-7-16(11-29)30-23/h6-10,17-18,21H,4-5,12-14H2,1-3H3/t17-,18+,21?/m1/s1. The van der Waals surface area contributed by atoms with E-state index in [0.29, 0.717) is 44.8 Å². The van der Waals surface area contributed by atoms with Gasteiger partial charge in [-0.05, 0) is 42.7 Å². The van der Waals surface area contributed by atoms with E-state index in [9.17, 15) is 10.1 Å². The van der Waals surface area contributed by atoms with Crippen LogP contribution < -0.4 is 15.2 Å². The first-order chi connectivity index (χ1) is 16.9. The maximum absolute atomic E-state index is 13.2. The summed E-state index contributed by atoms with van der Waals surface area (Å²) >= 11 is 12.5. The van der Waals surface area contributed by atoms with E-state index in [1.165, 1.54) is 0 Å². The van der Waals surface area contributed by atoms with Crippen molar-refractivity contribution in [3.8, 4) is 11.8 Å². The van der Waals surface area contributed by atoms with Crippen molar-refractivity contribution in [2.24, 2.45) is 7.05 Å². The second-order valence-electron chi connectivity index (χ2n) is 9.19. The number of benzene rings is 1. The molecule has 3 atom stereocenters. The predicted molar refractivity (Wildman–Crippen MR) is 139 cm³/mol. The molecule has 0 bridgehead atoms. The van der Waals surface area contributed by atoms with Gasteiger partial charge in [0.15, 0.2) is 0 Å². The molecule has 1 aromatic carbocycles. The van der Waals surface area contributed by atoms with Gasteiger partial charge in [-0.2, -0.15) is 5.26 Å². The number of rotatable bonds is 4. The number of ether oxygens (including phenoxy) is 1. The van der Waals surface area contributed by atoms with Gasteiger partial charge in [0.25, 0.3) is 5.56 Å². The Hall–Kier alpha value is -2.79. The Morgan fingerprint density at radius 1 is 1.20 bits per heavy atom. The Bertz CT molecular complexity index is 1400. The lowest BCUT2D eigenvalue weighted by Gasteiger charge is -2.51. The van der Waals surface area contributed by atoms with Gasteiger partial charge >= 0.3 is 0 Å². The summed E-state index contributed by atoms with van der Waals surface area (Å²) in [5.41, 5.74) is 3.30. The van der Waals surface area contributed by atoms with Crippen LogP contribution in [-0.2, 0) is 7.05 Å². The third kappa shape index (κ3) is 3.94.